The highest BCUT2D eigenvalue weighted by Gasteiger charge is 2.42. The summed E-state index contributed by atoms with van der Waals surface area (Å²) >= 11 is 0. The summed E-state index contributed by atoms with van der Waals surface area (Å²) in [7, 11) is 0. The molecule has 5 heteroatoms. The van der Waals surface area contributed by atoms with Gasteiger partial charge >= 0.3 is 0 Å². The molecule has 2 aliphatic heterocycles. The second kappa shape index (κ2) is 7.31. The molecule has 2 saturated heterocycles. The number of nitrogens with one attached hydrogen (secondary N) is 2. The Morgan fingerprint density at radius 1 is 1.38 bits per heavy atom. The molecular formula is C21H30N4O. The smallest absolute Gasteiger partial charge is 0.193 e. The van der Waals surface area contributed by atoms with Crippen LogP contribution in [0, 0.1) is 12.3 Å². The first-order chi connectivity index (χ1) is 12.7. The van der Waals surface area contributed by atoms with Crippen molar-refractivity contribution in [2.24, 2.45) is 10.4 Å². The minimum Gasteiger partial charge on any atom is -0.381 e. The fourth-order valence-corrected chi connectivity index (χ4v) is 4.44. The zero-order valence-electron chi connectivity index (χ0n) is 16.0. The minimum absolute atomic E-state index is 0.365. The summed E-state index contributed by atoms with van der Waals surface area (Å²) in [6, 6.07) is 6.43. The monoisotopic (exact) mass is 354 g/mol. The van der Waals surface area contributed by atoms with Crippen LogP contribution >= 0.6 is 0 Å². The first kappa shape index (κ1) is 17.4. The lowest BCUT2D eigenvalue weighted by Gasteiger charge is -2.25. The van der Waals surface area contributed by atoms with E-state index in [-0.39, 0.29) is 0 Å². The Morgan fingerprint density at radius 2 is 2.31 bits per heavy atom. The molecule has 3 heterocycles. The van der Waals surface area contributed by atoms with E-state index in [0.29, 0.717) is 5.41 Å². The van der Waals surface area contributed by atoms with E-state index in [0.717, 1.165) is 51.8 Å². The summed E-state index contributed by atoms with van der Waals surface area (Å²) in [5, 5.41) is 4.84. The van der Waals surface area contributed by atoms with Crippen LogP contribution in [0.3, 0.4) is 0 Å². The minimum atomic E-state index is 0.365. The fraction of sp³-hybridized carbons (Fsp3) is 0.571. The number of aromatic amines is 1. The molecule has 0 saturated carbocycles. The Bertz CT molecular complexity index is 788. The van der Waals surface area contributed by atoms with Gasteiger partial charge in [-0.05, 0) is 50.3 Å². The third-order valence-corrected chi connectivity index (χ3v) is 5.90. The van der Waals surface area contributed by atoms with E-state index in [4.69, 9.17) is 9.73 Å². The van der Waals surface area contributed by atoms with Gasteiger partial charge in [-0.1, -0.05) is 12.1 Å². The summed E-state index contributed by atoms with van der Waals surface area (Å²) in [5.74, 6) is 1.06. The van der Waals surface area contributed by atoms with E-state index >= 15 is 0 Å². The summed E-state index contributed by atoms with van der Waals surface area (Å²) in [6.07, 6.45) is 5.51. The maximum Gasteiger partial charge on any atom is 0.193 e. The van der Waals surface area contributed by atoms with Gasteiger partial charge in [0.05, 0.1) is 6.61 Å². The normalized spacial score (nSPS) is 23.5. The van der Waals surface area contributed by atoms with Gasteiger partial charge in [0.25, 0.3) is 0 Å². The number of benzene rings is 1. The van der Waals surface area contributed by atoms with Crippen LogP contribution in [0.15, 0.2) is 29.4 Å². The van der Waals surface area contributed by atoms with E-state index in [1.165, 1.54) is 34.9 Å². The number of ether oxygens (including phenoxy) is 1. The van der Waals surface area contributed by atoms with Crippen LogP contribution in [0.1, 0.15) is 30.9 Å². The highest BCUT2D eigenvalue weighted by Crippen LogP contribution is 2.38. The molecule has 26 heavy (non-hydrogen) atoms. The van der Waals surface area contributed by atoms with Crippen LogP contribution in [-0.4, -0.2) is 55.2 Å². The molecule has 0 aliphatic carbocycles. The molecule has 1 atom stereocenters. The number of likely N-dealkylation sites (tertiary alicyclic amines) is 1. The average Bonchev–Trinajstić information content (AvgIpc) is 3.36. The molecule has 0 bridgehead atoms. The molecule has 1 aromatic heterocycles. The number of guanidine groups is 1. The number of aromatic nitrogens is 1. The van der Waals surface area contributed by atoms with Crippen molar-refractivity contribution in [2.75, 3.05) is 39.4 Å². The van der Waals surface area contributed by atoms with E-state index in [1.807, 2.05) is 0 Å². The number of hydrogen-bond donors (Lipinski definition) is 2. The van der Waals surface area contributed by atoms with Gasteiger partial charge in [-0.3, -0.25) is 4.99 Å². The molecule has 5 nitrogen and oxygen atoms in total. The summed E-state index contributed by atoms with van der Waals surface area (Å²) < 4.78 is 5.66. The van der Waals surface area contributed by atoms with Gasteiger partial charge in [0.2, 0.25) is 0 Å². The zero-order valence-corrected chi connectivity index (χ0v) is 16.0. The molecule has 0 amide bonds. The van der Waals surface area contributed by atoms with Crippen LogP contribution in [0.25, 0.3) is 10.9 Å². The highest BCUT2D eigenvalue weighted by atomic mass is 16.5. The van der Waals surface area contributed by atoms with Gasteiger partial charge < -0.3 is 19.9 Å². The van der Waals surface area contributed by atoms with Crippen molar-refractivity contribution in [3.63, 3.8) is 0 Å². The predicted molar refractivity (Wildman–Crippen MR) is 107 cm³/mol. The second-order valence-corrected chi connectivity index (χ2v) is 7.77. The lowest BCUT2D eigenvalue weighted by Crippen LogP contribution is -2.41. The van der Waals surface area contributed by atoms with Gasteiger partial charge in [0.15, 0.2) is 5.96 Å². The molecule has 1 spiro atoms. The van der Waals surface area contributed by atoms with Crippen LogP contribution in [-0.2, 0) is 11.2 Å². The number of hydrogen-bond acceptors (Lipinski definition) is 2. The number of rotatable bonds is 4. The number of aliphatic imine (C=N–C) groups is 1. The third kappa shape index (κ3) is 3.32. The standard InChI is InChI=1S/C21H30N4O/c1-3-22-20(25-11-8-21(14-25)9-12-26-15-21)23-10-7-17-13-24-18-6-4-5-16(2)19(17)18/h4-6,13,24H,3,7-12,14-15H2,1-2H3,(H,22,23). The Kier molecular flexibility index (Phi) is 4.90. The summed E-state index contributed by atoms with van der Waals surface area (Å²) in [6.45, 7) is 10.0. The first-order valence-corrected chi connectivity index (χ1v) is 9.87. The predicted octanol–water partition coefficient (Wildman–Crippen LogP) is 3.10. The van der Waals surface area contributed by atoms with Crippen molar-refractivity contribution in [2.45, 2.75) is 33.1 Å². The van der Waals surface area contributed by atoms with E-state index in [2.05, 4.69) is 53.4 Å². The fourth-order valence-electron chi connectivity index (χ4n) is 4.44. The third-order valence-electron chi connectivity index (χ3n) is 5.90. The number of fused-ring (bicyclic) bond motifs is 1. The topological polar surface area (TPSA) is 52.7 Å². The molecule has 4 rings (SSSR count). The molecule has 1 unspecified atom stereocenters. The number of aryl methyl sites for hydroxylation is 1. The van der Waals surface area contributed by atoms with Gasteiger partial charge in [-0.25, -0.2) is 0 Å². The van der Waals surface area contributed by atoms with Gasteiger partial charge in [-0.2, -0.15) is 0 Å². The molecule has 140 valence electrons. The Morgan fingerprint density at radius 3 is 3.12 bits per heavy atom. The van der Waals surface area contributed by atoms with Crippen molar-refractivity contribution in [1.82, 2.24) is 15.2 Å². The average molecular weight is 354 g/mol. The van der Waals surface area contributed by atoms with Gasteiger partial charge in [-0.15, -0.1) is 0 Å². The second-order valence-electron chi connectivity index (χ2n) is 7.77. The summed E-state index contributed by atoms with van der Waals surface area (Å²) in [5.41, 5.74) is 4.28. The van der Waals surface area contributed by atoms with Gasteiger partial charge in [0, 0.05) is 55.3 Å². The van der Waals surface area contributed by atoms with Crippen LogP contribution in [0.2, 0.25) is 0 Å². The maximum absolute atomic E-state index is 5.66. The van der Waals surface area contributed by atoms with Crippen molar-refractivity contribution in [3.05, 3.63) is 35.5 Å². The van der Waals surface area contributed by atoms with Crippen molar-refractivity contribution < 1.29 is 4.74 Å². The van der Waals surface area contributed by atoms with Crippen molar-refractivity contribution in [3.8, 4) is 0 Å². The van der Waals surface area contributed by atoms with E-state index in [1.54, 1.807) is 0 Å². The van der Waals surface area contributed by atoms with Crippen molar-refractivity contribution >= 4 is 16.9 Å². The van der Waals surface area contributed by atoms with Crippen LogP contribution in [0.5, 0.6) is 0 Å². The lowest BCUT2D eigenvalue weighted by molar-refractivity contribution is 0.156. The molecule has 1 aromatic carbocycles. The molecule has 2 fully saturated rings. The maximum atomic E-state index is 5.66. The summed E-state index contributed by atoms with van der Waals surface area (Å²) in [4.78, 5) is 10.8. The Hall–Kier alpha value is -2.01. The van der Waals surface area contributed by atoms with E-state index in [9.17, 15) is 0 Å². The van der Waals surface area contributed by atoms with E-state index < -0.39 is 0 Å². The Balaban J connectivity index is 1.44. The quantitative estimate of drug-likeness (QED) is 0.655. The number of H-pyrrole nitrogens is 1. The Labute approximate surface area is 155 Å². The molecule has 2 aromatic rings. The van der Waals surface area contributed by atoms with Crippen LogP contribution < -0.4 is 5.32 Å². The largest absolute Gasteiger partial charge is 0.381 e. The SMILES string of the molecule is CCNC(=NCCc1c[nH]c2cccc(C)c12)N1CCC2(CCOC2)C1. The van der Waals surface area contributed by atoms with Crippen LogP contribution in [0.4, 0.5) is 0 Å². The molecule has 2 aliphatic rings. The highest BCUT2D eigenvalue weighted by molar-refractivity contribution is 5.86. The number of nitrogens with zero attached hydrogens (tertiary/aromatic N) is 2. The molecule has 0 radical (unpaired) electrons. The van der Waals surface area contributed by atoms with Gasteiger partial charge in [0.1, 0.15) is 0 Å². The zero-order chi connectivity index (χ0) is 18.0. The van der Waals surface area contributed by atoms with Crippen molar-refractivity contribution in [1.29, 1.82) is 0 Å². The lowest BCUT2D eigenvalue weighted by atomic mass is 9.87. The molecular weight excluding hydrogens is 324 g/mol. The molecule has 2 N–H and O–H groups in total. The first-order valence-electron chi connectivity index (χ1n) is 9.87.